The Morgan fingerprint density at radius 1 is 1.41 bits per heavy atom. The van der Waals surface area contributed by atoms with E-state index >= 15 is 0 Å². The number of nitrogens with one attached hydrogen (secondary N) is 2. The fourth-order valence-electron chi connectivity index (χ4n) is 2.40. The van der Waals surface area contributed by atoms with Gasteiger partial charge in [0.1, 0.15) is 0 Å². The summed E-state index contributed by atoms with van der Waals surface area (Å²) in [6.45, 7) is 7.29. The molecule has 1 aliphatic heterocycles. The molecule has 0 amide bonds. The number of ether oxygens (including phenoxy) is 2. The van der Waals surface area contributed by atoms with Crippen molar-refractivity contribution in [1.29, 1.82) is 0 Å². The van der Waals surface area contributed by atoms with Gasteiger partial charge in [0.05, 0.1) is 12.7 Å². The predicted molar refractivity (Wildman–Crippen MR) is 94.5 cm³/mol. The molecule has 1 aliphatic rings. The fourth-order valence-corrected chi connectivity index (χ4v) is 2.62. The van der Waals surface area contributed by atoms with Crippen LogP contribution in [0.1, 0.15) is 30.4 Å². The van der Waals surface area contributed by atoms with Crippen LogP contribution in [0.3, 0.4) is 0 Å². The van der Waals surface area contributed by atoms with Crippen molar-refractivity contribution < 1.29 is 9.47 Å². The van der Waals surface area contributed by atoms with Crippen molar-refractivity contribution >= 4 is 23.0 Å². The maximum absolute atomic E-state index is 5.62. The Balaban J connectivity index is 1.56. The summed E-state index contributed by atoms with van der Waals surface area (Å²) >= 11 is 5.32. The second-order valence-electron chi connectivity index (χ2n) is 5.76. The third-order valence-corrected chi connectivity index (χ3v) is 3.97. The average Bonchev–Trinajstić information content (AvgIpc) is 3.00. The lowest BCUT2D eigenvalue weighted by molar-refractivity contribution is 0.0168. The summed E-state index contributed by atoms with van der Waals surface area (Å²) in [6.07, 6.45) is 3.53. The van der Waals surface area contributed by atoms with Crippen molar-refractivity contribution in [2.75, 3.05) is 31.7 Å². The SMILES string of the molecule is Cc1ccc(C)c(NC(=S)NCCCOC[C@H]2CCCO2)c1. The van der Waals surface area contributed by atoms with E-state index in [0.29, 0.717) is 17.8 Å². The fraction of sp³-hybridized carbons (Fsp3) is 0.588. The van der Waals surface area contributed by atoms with Crippen LogP contribution in [0.25, 0.3) is 0 Å². The lowest BCUT2D eigenvalue weighted by Gasteiger charge is -2.13. The molecule has 122 valence electrons. The normalized spacial score (nSPS) is 17.5. The van der Waals surface area contributed by atoms with Gasteiger partial charge in [-0.05, 0) is 62.5 Å². The molecule has 0 aliphatic carbocycles. The quantitative estimate of drug-likeness (QED) is 0.596. The van der Waals surface area contributed by atoms with Gasteiger partial charge in [0, 0.05) is 25.4 Å². The van der Waals surface area contributed by atoms with Crippen molar-refractivity contribution in [2.45, 2.75) is 39.2 Å². The molecule has 1 heterocycles. The van der Waals surface area contributed by atoms with E-state index in [4.69, 9.17) is 21.7 Å². The summed E-state index contributed by atoms with van der Waals surface area (Å²) in [5.41, 5.74) is 3.47. The molecule has 2 N–H and O–H groups in total. The van der Waals surface area contributed by atoms with Crippen molar-refractivity contribution in [3.8, 4) is 0 Å². The van der Waals surface area contributed by atoms with E-state index in [1.165, 1.54) is 11.1 Å². The van der Waals surface area contributed by atoms with Crippen LogP contribution in [-0.4, -0.2) is 37.6 Å². The van der Waals surface area contributed by atoms with Crippen LogP contribution < -0.4 is 10.6 Å². The second-order valence-corrected chi connectivity index (χ2v) is 6.17. The number of hydrogen-bond donors (Lipinski definition) is 2. The molecule has 0 radical (unpaired) electrons. The molecule has 2 rings (SSSR count). The monoisotopic (exact) mass is 322 g/mol. The minimum Gasteiger partial charge on any atom is -0.379 e. The number of anilines is 1. The lowest BCUT2D eigenvalue weighted by atomic mass is 10.1. The molecule has 0 unspecified atom stereocenters. The maximum Gasteiger partial charge on any atom is 0.170 e. The Bertz CT molecular complexity index is 488. The van der Waals surface area contributed by atoms with Crippen LogP contribution in [0.4, 0.5) is 5.69 Å². The molecule has 1 aromatic carbocycles. The zero-order valence-corrected chi connectivity index (χ0v) is 14.3. The molecule has 1 aromatic rings. The van der Waals surface area contributed by atoms with E-state index in [-0.39, 0.29) is 0 Å². The minimum absolute atomic E-state index is 0.306. The number of aryl methyl sites for hydroxylation is 2. The molecular formula is C17H26N2O2S. The first-order chi connectivity index (χ1) is 10.6. The van der Waals surface area contributed by atoms with E-state index in [1.807, 2.05) is 0 Å². The lowest BCUT2D eigenvalue weighted by Crippen LogP contribution is -2.30. The highest BCUT2D eigenvalue weighted by Crippen LogP contribution is 2.16. The highest BCUT2D eigenvalue weighted by Gasteiger charge is 2.14. The van der Waals surface area contributed by atoms with Gasteiger partial charge in [-0.3, -0.25) is 0 Å². The van der Waals surface area contributed by atoms with E-state index in [1.54, 1.807) is 0 Å². The van der Waals surface area contributed by atoms with Crippen molar-refractivity contribution in [3.05, 3.63) is 29.3 Å². The smallest absolute Gasteiger partial charge is 0.170 e. The highest BCUT2D eigenvalue weighted by molar-refractivity contribution is 7.80. The molecule has 1 saturated heterocycles. The van der Waals surface area contributed by atoms with E-state index < -0.39 is 0 Å². The third-order valence-electron chi connectivity index (χ3n) is 3.72. The Hall–Kier alpha value is -1.17. The second kappa shape index (κ2) is 9.08. The van der Waals surface area contributed by atoms with Crippen molar-refractivity contribution in [3.63, 3.8) is 0 Å². The first kappa shape index (κ1) is 17.2. The summed E-state index contributed by atoms with van der Waals surface area (Å²) in [7, 11) is 0. The minimum atomic E-state index is 0.306. The Morgan fingerprint density at radius 2 is 2.27 bits per heavy atom. The van der Waals surface area contributed by atoms with Crippen molar-refractivity contribution in [2.24, 2.45) is 0 Å². The topological polar surface area (TPSA) is 42.5 Å². The van der Waals surface area contributed by atoms with E-state index in [0.717, 1.165) is 44.7 Å². The van der Waals surface area contributed by atoms with Gasteiger partial charge in [-0.2, -0.15) is 0 Å². The molecule has 0 bridgehead atoms. The number of hydrogen-bond acceptors (Lipinski definition) is 3. The molecule has 1 atom stereocenters. The molecule has 0 aromatic heterocycles. The summed E-state index contributed by atoms with van der Waals surface area (Å²) in [4.78, 5) is 0. The van der Waals surface area contributed by atoms with Gasteiger partial charge in [-0.25, -0.2) is 0 Å². The van der Waals surface area contributed by atoms with Crippen LogP contribution in [0.15, 0.2) is 18.2 Å². The third kappa shape index (κ3) is 5.91. The predicted octanol–water partition coefficient (Wildman–Crippen LogP) is 3.18. The van der Waals surface area contributed by atoms with Crippen LogP contribution in [-0.2, 0) is 9.47 Å². The molecular weight excluding hydrogens is 296 g/mol. The number of thiocarbonyl (C=S) groups is 1. The van der Waals surface area contributed by atoms with Crippen LogP contribution in [0.5, 0.6) is 0 Å². The maximum atomic E-state index is 5.62. The molecule has 4 nitrogen and oxygen atoms in total. The van der Waals surface area contributed by atoms with Gasteiger partial charge in [0.2, 0.25) is 0 Å². The Morgan fingerprint density at radius 3 is 3.05 bits per heavy atom. The summed E-state index contributed by atoms with van der Waals surface area (Å²) in [5.74, 6) is 0. The van der Waals surface area contributed by atoms with Gasteiger partial charge < -0.3 is 20.1 Å². The zero-order valence-electron chi connectivity index (χ0n) is 13.5. The van der Waals surface area contributed by atoms with E-state index in [9.17, 15) is 0 Å². The molecule has 0 saturated carbocycles. The Labute approximate surface area is 138 Å². The van der Waals surface area contributed by atoms with Crippen molar-refractivity contribution in [1.82, 2.24) is 5.32 Å². The highest BCUT2D eigenvalue weighted by atomic mass is 32.1. The van der Waals surface area contributed by atoms with Gasteiger partial charge in [0.15, 0.2) is 5.11 Å². The molecule has 1 fully saturated rings. The van der Waals surface area contributed by atoms with Gasteiger partial charge in [-0.1, -0.05) is 12.1 Å². The first-order valence-electron chi connectivity index (χ1n) is 7.96. The standard InChI is InChI=1S/C17H26N2O2S/c1-13-6-7-14(2)16(11-13)19-17(22)18-8-4-9-20-12-15-5-3-10-21-15/h6-7,11,15H,3-5,8-10,12H2,1-2H3,(H2,18,19,22)/t15-/m1/s1. The molecule has 5 heteroatoms. The largest absolute Gasteiger partial charge is 0.379 e. The van der Waals surface area contributed by atoms with Crippen LogP contribution in [0, 0.1) is 13.8 Å². The van der Waals surface area contributed by atoms with Gasteiger partial charge in [0.25, 0.3) is 0 Å². The first-order valence-corrected chi connectivity index (χ1v) is 8.37. The van der Waals surface area contributed by atoms with E-state index in [2.05, 4.69) is 42.7 Å². The summed E-state index contributed by atoms with van der Waals surface area (Å²) < 4.78 is 11.1. The number of rotatable bonds is 7. The van der Waals surface area contributed by atoms with Crippen LogP contribution >= 0.6 is 12.2 Å². The zero-order chi connectivity index (χ0) is 15.8. The van der Waals surface area contributed by atoms with Gasteiger partial charge >= 0.3 is 0 Å². The summed E-state index contributed by atoms with van der Waals surface area (Å²) in [5, 5.41) is 7.12. The molecule has 0 spiro atoms. The number of benzene rings is 1. The Kier molecular flexibility index (Phi) is 7.09. The van der Waals surface area contributed by atoms with Gasteiger partial charge in [-0.15, -0.1) is 0 Å². The van der Waals surface area contributed by atoms with Crippen LogP contribution in [0.2, 0.25) is 0 Å². The summed E-state index contributed by atoms with van der Waals surface area (Å²) in [6, 6.07) is 6.30. The average molecular weight is 322 g/mol. The molecule has 22 heavy (non-hydrogen) atoms.